The third-order valence-electron chi connectivity index (χ3n) is 6.05. The molecule has 3 aromatic carbocycles. The van der Waals surface area contributed by atoms with Gasteiger partial charge in [0.2, 0.25) is 0 Å². The van der Waals surface area contributed by atoms with E-state index in [1.54, 1.807) is 0 Å². The maximum atomic E-state index is 6.95. The van der Waals surface area contributed by atoms with Crippen molar-refractivity contribution >= 4 is 8.53 Å². The quantitative estimate of drug-likeness (QED) is 0.458. The first-order valence-electron chi connectivity index (χ1n) is 10.4. The molecule has 0 radical (unpaired) electrons. The van der Waals surface area contributed by atoms with Gasteiger partial charge in [-0.15, -0.1) is 0 Å². The van der Waals surface area contributed by atoms with Crippen LogP contribution in [0.1, 0.15) is 42.6 Å². The third kappa shape index (κ3) is 3.33. The Morgan fingerprint density at radius 1 is 0.897 bits per heavy atom. The van der Waals surface area contributed by atoms with E-state index < -0.39 is 14.1 Å². The maximum absolute atomic E-state index is 6.95. The van der Waals surface area contributed by atoms with E-state index >= 15 is 0 Å². The second-order valence-electron chi connectivity index (χ2n) is 7.78. The zero-order valence-corrected chi connectivity index (χ0v) is 17.5. The first-order chi connectivity index (χ1) is 14.3. The summed E-state index contributed by atoms with van der Waals surface area (Å²) in [4.78, 5) is 0. The molecule has 148 valence electrons. The Kier molecular flexibility index (Phi) is 5.24. The van der Waals surface area contributed by atoms with Crippen LogP contribution < -0.4 is 0 Å². The lowest BCUT2D eigenvalue weighted by Gasteiger charge is -2.34. The van der Waals surface area contributed by atoms with Crippen molar-refractivity contribution in [2.45, 2.75) is 37.5 Å². The van der Waals surface area contributed by atoms with E-state index in [2.05, 4.69) is 96.5 Å². The molecule has 0 aliphatic carbocycles. The molecule has 0 saturated carbocycles. The van der Waals surface area contributed by atoms with Crippen LogP contribution in [0.5, 0.6) is 0 Å². The monoisotopic (exact) mass is 403 g/mol. The molecule has 2 aliphatic rings. The zero-order chi connectivity index (χ0) is 19.7. The van der Waals surface area contributed by atoms with E-state index in [0.29, 0.717) is 6.04 Å². The average molecular weight is 403 g/mol. The molecule has 0 N–H and O–H groups in total. The lowest BCUT2D eigenvalue weighted by molar-refractivity contribution is 0.0953. The topological polar surface area (TPSA) is 21.7 Å². The summed E-state index contributed by atoms with van der Waals surface area (Å²) in [6.45, 7) is 3.15. The largest absolute Gasteiger partial charge is 0.314 e. The van der Waals surface area contributed by atoms with Crippen molar-refractivity contribution in [2.75, 3.05) is 6.54 Å². The van der Waals surface area contributed by atoms with Crippen molar-refractivity contribution in [2.24, 2.45) is 0 Å². The predicted octanol–water partition coefficient (Wildman–Crippen LogP) is 6.43. The van der Waals surface area contributed by atoms with Gasteiger partial charge < -0.3 is 9.05 Å². The average Bonchev–Trinajstić information content (AvgIpc) is 3.39. The summed E-state index contributed by atoms with van der Waals surface area (Å²) in [5.41, 5.74) is 3.13. The lowest BCUT2D eigenvalue weighted by Crippen LogP contribution is -2.40. The Labute approximate surface area is 174 Å². The van der Waals surface area contributed by atoms with Crippen molar-refractivity contribution < 1.29 is 9.05 Å². The molecule has 0 spiro atoms. The fourth-order valence-corrected chi connectivity index (χ4v) is 6.68. The van der Waals surface area contributed by atoms with Gasteiger partial charge in [-0.3, -0.25) is 0 Å². The maximum Gasteiger partial charge on any atom is 0.261 e. The van der Waals surface area contributed by atoms with Gasteiger partial charge in [0.1, 0.15) is 5.60 Å². The van der Waals surface area contributed by atoms with E-state index in [1.807, 2.05) is 6.07 Å². The van der Waals surface area contributed by atoms with Crippen LogP contribution in [0.15, 0.2) is 91.0 Å². The molecular weight excluding hydrogens is 377 g/mol. The Hall–Kier alpha value is -2.03. The summed E-state index contributed by atoms with van der Waals surface area (Å²) in [6, 6.07) is 32.1. The Morgan fingerprint density at radius 3 is 2.03 bits per heavy atom. The molecule has 3 atom stereocenters. The second-order valence-corrected chi connectivity index (χ2v) is 9.16. The van der Waals surface area contributed by atoms with E-state index in [1.165, 1.54) is 23.1 Å². The normalized spacial score (nSPS) is 24.3. The van der Waals surface area contributed by atoms with Crippen LogP contribution in [0, 0.1) is 0 Å². The van der Waals surface area contributed by atoms with E-state index in [0.717, 1.165) is 13.0 Å². The molecule has 2 fully saturated rings. The summed E-state index contributed by atoms with van der Waals surface area (Å²) in [6.07, 6.45) is 2.29. The first-order valence-corrected chi connectivity index (χ1v) is 11.5. The van der Waals surface area contributed by atoms with Crippen molar-refractivity contribution in [3.8, 4) is 0 Å². The highest BCUT2D eigenvalue weighted by atomic mass is 31.2. The van der Waals surface area contributed by atoms with Crippen LogP contribution in [-0.2, 0) is 14.6 Å². The lowest BCUT2D eigenvalue weighted by atomic mass is 9.79. The number of hydrogen-bond acceptors (Lipinski definition) is 3. The van der Waals surface area contributed by atoms with E-state index in [4.69, 9.17) is 9.05 Å². The summed E-state index contributed by atoms with van der Waals surface area (Å²) in [7, 11) is -1.15. The molecule has 1 unspecified atom stereocenters. The number of rotatable bonds is 5. The smallest absolute Gasteiger partial charge is 0.261 e. The first kappa shape index (κ1) is 19.0. The zero-order valence-electron chi connectivity index (χ0n) is 16.6. The summed E-state index contributed by atoms with van der Waals surface area (Å²) in [5, 5.41) is 0. The predicted molar refractivity (Wildman–Crippen MR) is 117 cm³/mol. The van der Waals surface area contributed by atoms with E-state index in [-0.39, 0.29) is 6.10 Å². The third-order valence-corrected chi connectivity index (χ3v) is 7.89. The molecule has 2 aliphatic heterocycles. The molecular formula is C25H26NO2P. The number of nitrogens with zero attached hydrogens (tertiary/aromatic N) is 1. The Morgan fingerprint density at radius 2 is 1.45 bits per heavy atom. The van der Waals surface area contributed by atoms with Crippen LogP contribution in [0.2, 0.25) is 0 Å². The minimum absolute atomic E-state index is 0.00842. The van der Waals surface area contributed by atoms with Crippen molar-refractivity contribution in [3.05, 3.63) is 108 Å². The summed E-state index contributed by atoms with van der Waals surface area (Å²) in [5.74, 6) is 0. The Bertz CT molecular complexity index is 895. The van der Waals surface area contributed by atoms with Gasteiger partial charge in [-0.25, -0.2) is 4.67 Å². The van der Waals surface area contributed by atoms with Crippen LogP contribution >= 0.6 is 8.53 Å². The van der Waals surface area contributed by atoms with Gasteiger partial charge >= 0.3 is 0 Å². The summed E-state index contributed by atoms with van der Waals surface area (Å²) < 4.78 is 16.0. The number of fused-ring (bicyclic) bond motifs is 1. The molecule has 0 amide bonds. The molecule has 3 aromatic rings. The fraction of sp³-hybridized carbons (Fsp3) is 0.280. The van der Waals surface area contributed by atoms with Crippen LogP contribution in [0.25, 0.3) is 0 Å². The van der Waals surface area contributed by atoms with Crippen LogP contribution in [-0.4, -0.2) is 17.3 Å². The van der Waals surface area contributed by atoms with Crippen molar-refractivity contribution in [1.82, 2.24) is 4.67 Å². The van der Waals surface area contributed by atoms with Gasteiger partial charge in [-0.2, -0.15) is 0 Å². The van der Waals surface area contributed by atoms with Gasteiger partial charge in [-0.05, 0) is 36.5 Å². The second kappa shape index (κ2) is 8.01. The standard InChI is InChI=1S/C25H26NO2P/c1-20(21-12-5-2-6-13-21)27-29-26-19-11-18-24(26)25(28-29,22-14-7-3-8-15-22)23-16-9-4-10-17-23/h2-10,12-17,20,24H,11,18-19H2,1H3/t20-,24+,29?/m1/s1. The highest BCUT2D eigenvalue weighted by Crippen LogP contribution is 2.66. The minimum Gasteiger partial charge on any atom is -0.314 e. The molecule has 2 saturated heterocycles. The van der Waals surface area contributed by atoms with Crippen LogP contribution in [0.3, 0.4) is 0 Å². The number of hydrogen-bond donors (Lipinski definition) is 0. The molecule has 5 rings (SSSR count). The molecule has 29 heavy (non-hydrogen) atoms. The fourth-order valence-electron chi connectivity index (χ4n) is 4.63. The van der Waals surface area contributed by atoms with Crippen molar-refractivity contribution in [1.29, 1.82) is 0 Å². The highest BCUT2D eigenvalue weighted by Gasteiger charge is 2.58. The van der Waals surface area contributed by atoms with Gasteiger partial charge in [0.25, 0.3) is 8.53 Å². The Balaban J connectivity index is 1.54. The molecule has 0 aromatic heterocycles. The highest BCUT2D eigenvalue weighted by molar-refractivity contribution is 7.45. The number of benzene rings is 3. The SMILES string of the molecule is C[C@@H](OP1OC(c2ccccc2)(c2ccccc2)[C@@H]2CCCN21)c1ccccc1. The molecule has 3 nitrogen and oxygen atoms in total. The van der Waals surface area contributed by atoms with Crippen LogP contribution in [0.4, 0.5) is 0 Å². The van der Waals surface area contributed by atoms with Gasteiger partial charge in [-0.1, -0.05) is 91.0 Å². The van der Waals surface area contributed by atoms with Crippen molar-refractivity contribution in [3.63, 3.8) is 0 Å². The molecule has 2 heterocycles. The van der Waals surface area contributed by atoms with E-state index in [9.17, 15) is 0 Å². The minimum atomic E-state index is -1.15. The molecule has 0 bridgehead atoms. The van der Waals surface area contributed by atoms with Gasteiger partial charge in [0.15, 0.2) is 0 Å². The van der Waals surface area contributed by atoms with Gasteiger partial charge in [0, 0.05) is 6.54 Å². The summed E-state index contributed by atoms with van der Waals surface area (Å²) >= 11 is 0. The molecule has 4 heteroatoms. The van der Waals surface area contributed by atoms with Gasteiger partial charge in [0.05, 0.1) is 12.1 Å².